The zero-order chi connectivity index (χ0) is 17.6. The highest BCUT2D eigenvalue weighted by Crippen LogP contribution is 2.21. The molecule has 3 rings (SSSR count). The third kappa shape index (κ3) is 3.85. The van der Waals surface area contributed by atoms with Crippen LogP contribution in [0.3, 0.4) is 0 Å². The fraction of sp³-hybridized carbons (Fsp3) is 0.105. The highest BCUT2D eigenvalue weighted by molar-refractivity contribution is 6.12. The van der Waals surface area contributed by atoms with Crippen molar-refractivity contribution in [3.63, 3.8) is 0 Å². The SMILES string of the molecule is COc1ccc(C2=N/C(=C\c3ccc(OCC#N)cc3)C(=O)O2)cc1. The topological polar surface area (TPSA) is 80.9 Å². The van der Waals surface area contributed by atoms with Gasteiger partial charge in [-0.15, -0.1) is 0 Å². The summed E-state index contributed by atoms with van der Waals surface area (Å²) in [7, 11) is 1.58. The predicted octanol–water partition coefficient (Wildman–Crippen LogP) is 2.94. The average Bonchev–Trinajstić information content (AvgIpc) is 3.02. The summed E-state index contributed by atoms with van der Waals surface area (Å²) < 4.78 is 15.5. The number of hydrogen-bond donors (Lipinski definition) is 0. The van der Waals surface area contributed by atoms with Crippen molar-refractivity contribution in [2.45, 2.75) is 0 Å². The van der Waals surface area contributed by atoms with Gasteiger partial charge in [0.15, 0.2) is 12.3 Å². The lowest BCUT2D eigenvalue weighted by molar-refractivity contribution is -0.129. The molecular weight excluding hydrogens is 320 g/mol. The van der Waals surface area contributed by atoms with E-state index < -0.39 is 5.97 Å². The number of carbonyl (C=O) groups excluding carboxylic acids is 1. The Hall–Kier alpha value is -3.59. The maximum Gasteiger partial charge on any atom is 0.363 e. The molecule has 2 aromatic rings. The van der Waals surface area contributed by atoms with Gasteiger partial charge in [-0.05, 0) is 48.0 Å². The predicted molar refractivity (Wildman–Crippen MR) is 91.2 cm³/mol. The van der Waals surface area contributed by atoms with Crippen molar-refractivity contribution < 1.29 is 19.0 Å². The van der Waals surface area contributed by atoms with Gasteiger partial charge in [-0.3, -0.25) is 0 Å². The summed E-state index contributed by atoms with van der Waals surface area (Å²) >= 11 is 0. The summed E-state index contributed by atoms with van der Waals surface area (Å²) in [6.07, 6.45) is 1.63. The fourth-order valence-electron chi connectivity index (χ4n) is 2.20. The van der Waals surface area contributed by atoms with Crippen LogP contribution in [-0.2, 0) is 9.53 Å². The van der Waals surface area contributed by atoms with Crippen LogP contribution < -0.4 is 9.47 Å². The highest BCUT2D eigenvalue weighted by Gasteiger charge is 2.24. The molecule has 0 saturated carbocycles. The Morgan fingerprint density at radius 3 is 2.44 bits per heavy atom. The number of benzene rings is 2. The van der Waals surface area contributed by atoms with Gasteiger partial charge < -0.3 is 14.2 Å². The summed E-state index contributed by atoms with van der Waals surface area (Å²) in [5, 5.41) is 8.49. The number of nitriles is 1. The van der Waals surface area contributed by atoms with Crippen LogP contribution >= 0.6 is 0 Å². The minimum atomic E-state index is -0.504. The van der Waals surface area contributed by atoms with Gasteiger partial charge in [0.1, 0.15) is 17.6 Å². The Morgan fingerprint density at radius 2 is 1.80 bits per heavy atom. The van der Waals surface area contributed by atoms with E-state index in [2.05, 4.69) is 4.99 Å². The Morgan fingerprint density at radius 1 is 1.12 bits per heavy atom. The van der Waals surface area contributed by atoms with Gasteiger partial charge in [-0.2, -0.15) is 5.26 Å². The molecule has 1 aliphatic heterocycles. The molecule has 0 radical (unpaired) electrons. The van der Waals surface area contributed by atoms with E-state index in [-0.39, 0.29) is 18.2 Å². The van der Waals surface area contributed by atoms with E-state index >= 15 is 0 Å². The van der Waals surface area contributed by atoms with Gasteiger partial charge in [0.2, 0.25) is 5.90 Å². The number of cyclic esters (lactones) is 1. The van der Waals surface area contributed by atoms with Crippen LogP contribution in [0.1, 0.15) is 11.1 Å². The monoisotopic (exact) mass is 334 g/mol. The maximum absolute atomic E-state index is 12.0. The first kappa shape index (κ1) is 16.3. The van der Waals surface area contributed by atoms with Gasteiger partial charge in [0, 0.05) is 5.56 Å². The first-order chi connectivity index (χ1) is 12.2. The van der Waals surface area contributed by atoms with E-state index in [1.807, 2.05) is 6.07 Å². The summed E-state index contributed by atoms with van der Waals surface area (Å²) in [6, 6.07) is 16.0. The number of esters is 1. The Balaban J connectivity index is 1.79. The van der Waals surface area contributed by atoms with Crippen molar-refractivity contribution >= 4 is 17.9 Å². The largest absolute Gasteiger partial charge is 0.497 e. The van der Waals surface area contributed by atoms with Crippen molar-refractivity contribution in [1.29, 1.82) is 5.26 Å². The summed E-state index contributed by atoms with van der Waals surface area (Å²) in [6.45, 7) is -0.0116. The molecule has 0 N–H and O–H groups in total. The van der Waals surface area contributed by atoms with Gasteiger partial charge in [-0.25, -0.2) is 9.79 Å². The summed E-state index contributed by atoms with van der Waals surface area (Å²) in [4.78, 5) is 16.3. The molecule has 0 saturated heterocycles. The molecule has 6 heteroatoms. The molecule has 6 nitrogen and oxygen atoms in total. The van der Waals surface area contributed by atoms with Gasteiger partial charge >= 0.3 is 5.97 Å². The minimum Gasteiger partial charge on any atom is -0.497 e. The lowest BCUT2D eigenvalue weighted by Crippen LogP contribution is -2.05. The Kier molecular flexibility index (Phi) is 4.77. The molecule has 0 fully saturated rings. The first-order valence-corrected chi connectivity index (χ1v) is 7.46. The highest BCUT2D eigenvalue weighted by atomic mass is 16.6. The van der Waals surface area contributed by atoms with Crippen LogP contribution in [0.15, 0.2) is 59.2 Å². The molecule has 25 heavy (non-hydrogen) atoms. The summed E-state index contributed by atoms with van der Waals surface area (Å²) in [5.41, 5.74) is 1.69. The molecular formula is C19H14N2O4. The molecule has 0 aromatic heterocycles. The molecule has 0 amide bonds. The zero-order valence-electron chi connectivity index (χ0n) is 13.4. The van der Waals surface area contributed by atoms with E-state index in [4.69, 9.17) is 19.5 Å². The third-order valence-electron chi connectivity index (χ3n) is 3.44. The van der Waals surface area contributed by atoms with Crippen molar-refractivity contribution in [2.24, 2.45) is 4.99 Å². The molecule has 0 atom stereocenters. The average molecular weight is 334 g/mol. The fourth-order valence-corrected chi connectivity index (χ4v) is 2.20. The van der Waals surface area contributed by atoms with Gasteiger partial charge in [0.05, 0.1) is 7.11 Å². The van der Waals surface area contributed by atoms with Crippen molar-refractivity contribution in [2.75, 3.05) is 13.7 Å². The second kappa shape index (κ2) is 7.32. The Labute approximate surface area is 144 Å². The molecule has 0 spiro atoms. The number of methoxy groups -OCH3 is 1. The van der Waals surface area contributed by atoms with E-state index in [0.717, 1.165) is 5.56 Å². The number of ether oxygens (including phenoxy) is 3. The second-order valence-corrected chi connectivity index (χ2v) is 5.08. The number of rotatable bonds is 5. The molecule has 0 bridgehead atoms. The van der Waals surface area contributed by atoms with Crippen LogP contribution in [-0.4, -0.2) is 25.6 Å². The second-order valence-electron chi connectivity index (χ2n) is 5.08. The molecule has 1 heterocycles. The molecule has 0 unspecified atom stereocenters. The van der Waals surface area contributed by atoms with Gasteiger partial charge in [0.25, 0.3) is 0 Å². The number of nitrogens with zero attached hydrogens (tertiary/aromatic N) is 2. The Bertz CT molecular complexity index is 875. The van der Waals surface area contributed by atoms with Gasteiger partial charge in [-0.1, -0.05) is 12.1 Å². The van der Waals surface area contributed by atoms with Crippen LogP contribution in [0.25, 0.3) is 6.08 Å². The van der Waals surface area contributed by atoms with Crippen LogP contribution in [0.5, 0.6) is 11.5 Å². The van der Waals surface area contributed by atoms with E-state index in [1.54, 1.807) is 61.7 Å². The van der Waals surface area contributed by atoms with Crippen molar-refractivity contribution in [3.8, 4) is 17.6 Å². The number of hydrogen-bond acceptors (Lipinski definition) is 6. The lowest BCUT2D eigenvalue weighted by atomic mass is 10.2. The maximum atomic E-state index is 12.0. The quantitative estimate of drug-likeness (QED) is 0.620. The standard InChI is InChI=1S/C19H14N2O4/c1-23-15-8-4-14(5-9-15)18-21-17(19(22)25-18)12-13-2-6-16(7-3-13)24-11-10-20/h2-9,12H,11H2,1H3/b17-12-. The van der Waals surface area contributed by atoms with Crippen molar-refractivity contribution in [3.05, 3.63) is 65.4 Å². The summed E-state index contributed by atoms with van der Waals surface area (Å²) in [5.74, 6) is 1.05. The normalized spacial score (nSPS) is 14.6. The van der Waals surface area contributed by atoms with Crippen LogP contribution in [0.2, 0.25) is 0 Å². The molecule has 124 valence electrons. The smallest absolute Gasteiger partial charge is 0.363 e. The molecule has 1 aliphatic rings. The van der Waals surface area contributed by atoms with E-state index in [1.165, 1.54) is 0 Å². The van der Waals surface area contributed by atoms with Crippen molar-refractivity contribution in [1.82, 2.24) is 0 Å². The zero-order valence-corrected chi connectivity index (χ0v) is 13.4. The number of aliphatic imine (C=N–C) groups is 1. The lowest BCUT2D eigenvalue weighted by Gasteiger charge is -2.01. The van der Waals surface area contributed by atoms with Crippen LogP contribution in [0.4, 0.5) is 0 Å². The first-order valence-electron chi connectivity index (χ1n) is 7.46. The van der Waals surface area contributed by atoms with E-state index in [9.17, 15) is 4.79 Å². The molecule has 2 aromatic carbocycles. The van der Waals surface area contributed by atoms with Crippen LogP contribution in [0, 0.1) is 11.3 Å². The molecule has 0 aliphatic carbocycles. The number of carbonyl (C=O) groups is 1. The minimum absolute atomic E-state index is 0.0116. The van der Waals surface area contributed by atoms with E-state index in [0.29, 0.717) is 17.1 Å². The third-order valence-corrected chi connectivity index (χ3v) is 3.44.